The molecule has 0 saturated carbocycles. The molecule has 0 fully saturated rings. The molecule has 0 aliphatic heterocycles. The summed E-state index contributed by atoms with van der Waals surface area (Å²) in [5.74, 6) is 0.886. The van der Waals surface area contributed by atoms with Crippen molar-refractivity contribution in [2.24, 2.45) is 0 Å². The van der Waals surface area contributed by atoms with Gasteiger partial charge in [-0.3, -0.25) is 4.79 Å². The van der Waals surface area contributed by atoms with Crippen molar-refractivity contribution in [3.8, 4) is 5.75 Å². The van der Waals surface area contributed by atoms with Gasteiger partial charge in [-0.05, 0) is 58.0 Å². The third-order valence-corrected chi connectivity index (χ3v) is 3.33. The van der Waals surface area contributed by atoms with E-state index in [1.54, 1.807) is 20.1 Å². The van der Waals surface area contributed by atoms with Gasteiger partial charge in [-0.15, -0.1) is 0 Å². The highest BCUT2D eigenvalue weighted by Gasteiger charge is 2.09. The molecule has 20 heavy (non-hydrogen) atoms. The fourth-order valence-corrected chi connectivity index (χ4v) is 2.16. The van der Waals surface area contributed by atoms with Crippen molar-refractivity contribution in [3.05, 3.63) is 29.3 Å². The molecule has 1 N–H and O–H groups in total. The topological polar surface area (TPSA) is 49.8 Å². The summed E-state index contributed by atoms with van der Waals surface area (Å²) in [7, 11) is 3.70. The van der Waals surface area contributed by atoms with Gasteiger partial charge in [0.2, 0.25) is 0 Å². The Balaban J connectivity index is 2.64. The number of benzene rings is 1. The Hall–Kier alpha value is -1.39. The van der Waals surface area contributed by atoms with Crippen molar-refractivity contribution in [1.82, 2.24) is 4.90 Å². The number of methoxy groups -OCH3 is 1. The molecule has 0 radical (unpaired) electrons. The number of aliphatic hydroxyl groups is 1. The summed E-state index contributed by atoms with van der Waals surface area (Å²) < 4.78 is 5.35. The molecule has 0 aliphatic rings. The quantitative estimate of drug-likeness (QED) is 0.557. The first-order chi connectivity index (χ1) is 9.58. The number of unbranched alkanes of at least 4 members (excludes halogenated alkanes) is 2. The van der Waals surface area contributed by atoms with E-state index in [4.69, 9.17) is 9.84 Å². The van der Waals surface area contributed by atoms with Crippen molar-refractivity contribution in [1.29, 1.82) is 0 Å². The summed E-state index contributed by atoms with van der Waals surface area (Å²) in [5, 5.41) is 8.76. The lowest BCUT2D eigenvalue weighted by atomic mass is 10.1. The monoisotopic (exact) mass is 279 g/mol. The summed E-state index contributed by atoms with van der Waals surface area (Å²) in [6, 6.07) is 5.56. The normalized spacial score (nSPS) is 10.8. The van der Waals surface area contributed by atoms with Crippen LogP contribution in [-0.4, -0.2) is 43.1 Å². The number of ether oxygens (including phenoxy) is 1. The SMILES string of the molecule is COc1ccc(C(C)=O)cc1CN(C)CCCCCO. The van der Waals surface area contributed by atoms with E-state index >= 15 is 0 Å². The second-order valence-corrected chi connectivity index (χ2v) is 5.10. The molecule has 0 atom stereocenters. The molecule has 0 saturated heterocycles. The molecule has 1 rings (SSSR count). The summed E-state index contributed by atoms with van der Waals surface area (Å²) in [6.07, 6.45) is 2.95. The molecule has 0 unspecified atom stereocenters. The van der Waals surface area contributed by atoms with Crippen molar-refractivity contribution in [3.63, 3.8) is 0 Å². The number of aliphatic hydroxyl groups excluding tert-OH is 1. The molecule has 1 aromatic rings. The predicted octanol–water partition coefficient (Wildman–Crippen LogP) is 2.49. The first-order valence-corrected chi connectivity index (χ1v) is 7.05. The fourth-order valence-electron chi connectivity index (χ4n) is 2.16. The molecular formula is C16H25NO3. The van der Waals surface area contributed by atoms with Crippen LogP contribution in [0.25, 0.3) is 0 Å². The molecule has 4 nitrogen and oxygen atoms in total. The summed E-state index contributed by atoms with van der Waals surface area (Å²) in [4.78, 5) is 13.7. The molecule has 0 bridgehead atoms. The zero-order chi connectivity index (χ0) is 15.0. The Morgan fingerprint density at radius 3 is 2.65 bits per heavy atom. The highest BCUT2D eigenvalue weighted by molar-refractivity contribution is 5.94. The average Bonchev–Trinajstić information content (AvgIpc) is 2.43. The number of hydrogen-bond acceptors (Lipinski definition) is 4. The second kappa shape index (κ2) is 8.72. The standard InChI is InChI=1S/C16H25NO3/c1-13(19)14-7-8-16(20-3)15(11-14)12-17(2)9-5-4-6-10-18/h7-8,11,18H,4-6,9-10,12H2,1-3H3. The van der Waals surface area contributed by atoms with E-state index < -0.39 is 0 Å². The smallest absolute Gasteiger partial charge is 0.159 e. The van der Waals surface area contributed by atoms with Gasteiger partial charge in [0.15, 0.2) is 5.78 Å². The fraction of sp³-hybridized carbons (Fsp3) is 0.562. The average molecular weight is 279 g/mol. The highest BCUT2D eigenvalue weighted by atomic mass is 16.5. The van der Waals surface area contributed by atoms with Crippen molar-refractivity contribution in [2.75, 3.05) is 27.3 Å². The highest BCUT2D eigenvalue weighted by Crippen LogP contribution is 2.21. The van der Waals surface area contributed by atoms with Gasteiger partial charge in [-0.1, -0.05) is 0 Å². The van der Waals surface area contributed by atoms with Crippen LogP contribution in [0.4, 0.5) is 0 Å². The van der Waals surface area contributed by atoms with Gasteiger partial charge in [-0.25, -0.2) is 0 Å². The number of hydrogen-bond donors (Lipinski definition) is 1. The van der Waals surface area contributed by atoms with E-state index in [2.05, 4.69) is 11.9 Å². The van der Waals surface area contributed by atoms with E-state index in [1.165, 1.54) is 0 Å². The van der Waals surface area contributed by atoms with Gasteiger partial charge >= 0.3 is 0 Å². The van der Waals surface area contributed by atoms with Gasteiger partial charge in [-0.2, -0.15) is 0 Å². The number of carbonyl (C=O) groups is 1. The Morgan fingerprint density at radius 2 is 2.05 bits per heavy atom. The van der Waals surface area contributed by atoms with E-state index in [1.807, 2.05) is 12.1 Å². The van der Waals surface area contributed by atoms with E-state index in [0.29, 0.717) is 0 Å². The molecule has 0 aromatic heterocycles. The van der Waals surface area contributed by atoms with Gasteiger partial charge in [0.1, 0.15) is 5.75 Å². The van der Waals surface area contributed by atoms with Crippen LogP contribution in [0.3, 0.4) is 0 Å². The Morgan fingerprint density at radius 1 is 1.30 bits per heavy atom. The maximum Gasteiger partial charge on any atom is 0.159 e. The van der Waals surface area contributed by atoms with Crippen LogP contribution in [-0.2, 0) is 6.54 Å². The minimum atomic E-state index is 0.0690. The van der Waals surface area contributed by atoms with E-state index in [-0.39, 0.29) is 12.4 Å². The molecule has 4 heteroatoms. The summed E-state index contributed by atoms with van der Waals surface area (Å²) in [5.41, 5.74) is 1.75. The molecule has 0 heterocycles. The lowest BCUT2D eigenvalue weighted by molar-refractivity contribution is 0.101. The number of rotatable bonds is 9. The zero-order valence-electron chi connectivity index (χ0n) is 12.7. The van der Waals surface area contributed by atoms with Crippen LogP contribution in [0.2, 0.25) is 0 Å². The third-order valence-electron chi connectivity index (χ3n) is 3.33. The summed E-state index contributed by atoms with van der Waals surface area (Å²) >= 11 is 0. The number of ketones is 1. The number of Topliss-reactive ketones (excluding diaryl/α,β-unsaturated/α-hetero) is 1. The minimum absolute atomic E-state index is 0.0690. The third kappa shape index (κ3) is 5.31. The van der Waals surface area contributed by atoms with E-state index in [0.717, 1.165) is 49.2 Å². The number of carbonyl (C=O) groups excluding carboxylic acids is 1. The largest absolute Gasteiger partial charge is 0.496 e. The van der Waals surface area contributed by atoms with Crippen molar-refractivity contribution in [2.45, 2.75) is 32.7 Å². The molecule has 112 valence electrons. The molecular weight excluding hydrogens is 254 g/mol. The Kier molecular flexibility index (Phi) is 7.26. The maximum absolute atomic E-state index is 11.4. The second-order valence-electron chi connectivity index (χ2n) is 5.10. The van der Waals surface area contributed by atoms with Gasteiger partial charge in [0, 0.05) is 24.3 Å². The maximum atomic E-state index is 11.4. The Bertz CT molecular complexity index is 432. The van der Waals surface area contributed by atoms with Crippen LogP contribution in [0.15, 0.2) is 18.2 Å². The van der Waals surface area contributed by atoms with Crippen LogP contribution >= 0.6 is 0 Å². The van der Waals surface area contributed by atoms with Crippen molar-refractivity contribution < 1.29 is 14.6 Å². The molecule has 1 aromatic carbocycles. The van der Waals surface area contributed by atoms with Crippen LogP contribution < -0.4 is 4.74 Å². The van der Waals surface area contributed by atoms with Crippen LogP contribution in [0, 0.1) is 0 Å². The van der Waals surface area contributed by atoms with Gasteiger partial charge < -0.3 is 14.7 Å². The minimum Gasteiger partial charge on any atom is -0.496 e. The first-order valence-electron chi connectivity index (χ1n) is 7.05. The van der Waals surface area contributed by atoms with Crippen LogP contribution in [0.5, 0.6) is 5.75 Å². The van der Waals surface area contributed by atoms with E-state index in [9.17, 15) is 4.79 Å². The summed E-state index contributed by atoms with van der Waals surface area (Å²) in [6.45, 7) is 3.55. The first kappa shape index (κ1) is 16.7. The molecule has 0 aliphatic carbocycles. The Labute approximate surface area is 121 Å². The van der Waals surface area contributed by atoms with Gasteiger partial charge in [0.25, 0.3) is 0 Å². The van der Waals surface area contributed by atoms with Gasteiger partial charge in [0.05, 0.1) is 7.11 Å². The molecule has 0 spiro atoms. The lowest BCUT2D eigenvalue weighted by Gasteiger charge is -2.18. The predicted molar refractivity (Wildman–Crippen MR) is 80.3 cm³/mol. The number of nitrogens with zero attached hydrogens (tertiary/aromatic N) is 1. The molecule has 0 amide bonds. The van der Waals surface area contributed by atoms with Crippen molar-refractivity contribution >= 4 is 5.78 Å². The van der Waals surface area contributed by atoms with Crippen LogP contribution in [0.1, 0.15) is 42.1 Å². The lowest BCUT2D eigenvalue weighted by Crippen LogP contribution is -2.19. The zero-order valence-corrected chi connectivity index (χ0v) is 12.7.